The van der Waals surface area contributed by atoms with Crippen molar-refractivity contribution in [2.45, 2.75) is 63.8 Å². The van der Waals surface area contributed by atoms with E-state index in [0.717, 1.165) is 64.0 Å². The molecular weight excluding hydrogens is 504 g/mol. The van der Waals surface area contributed by atoms with Gasteiger partial charge in [0.15, 0.2) is 0 Å². The molecule has 214 valence electrons. The Morgan fingerprint density at radius 3 is 2.55 bits per heavy atom. The van der Waals surface area contributed by atoms with Crippen LogP contribution in [0, 0.1) is 5.41 Å². The Balaban J connectivity index is 1.13. The van der Waals surface area contributed by atoms with Crippen molar-refractivity contribution in [1.82, 2.24) is 15.1 Å². The number of hydrogen-bond acceptors (Lipinski definition) is 6. The van der Waals surface area contributed by atoms with E-state index in [-0.39, 0.29) is 29.8 Å². The number of carbonyl (C=O) groups is 2. The van der Waals surface area contributed by atoms with Crippen LogP contribution in [-0.4, -0.2) is 91.3 Å². The molecule has 3 heterocycles. The normalized spacial score (nSPS) is 23.3. The number of nitrogens with one attached hydrogen (secondary N) is 1. The second-order valence-electron chi connectivity index (χ2n) is 12.2. The van der Waals surface area contributed by atoms with E-state index in [2.05, 4.69) is 29.3 Å². The van der Waals surface area contributed by atoms with Crippen molar-refractivity contribution in [3.8, 4) is 0 Å². The zero-order chi connectivity index (χ0) is 27.9. The Bertz CT molecular complexity index is 1250. The number of benzene rings is 2. The number of ether oxygens (including phenoxy) is 1. The fourth-order valence-corrected chi connectivity index (χ4v) is 7.19. The van der Waals surface area contributed by atoms with Gasteiger partial charge in [-0.3, -0.25) is 9.59 Å². The number of nitrogens with zero attached hydrogens (tertiary/aromatic N) is 3. The van der Waals surface area contributed by atoms with Gasteiger partial charge in [0.25, 0.3) is 11.8 Å². The summed E-state index contributed by atoms with van der Waals surface area (Å²) in [5, 5.41) is 14.6. The molecule has 1 aliphatic carbocycles. The third-order valence-electron chi connectivity index (χ3n) is 9.78. The second-order valence-corrected chi connectivity index (χ2v) is 12.2. The summed E-state index contributed by atoms with van der Waals surface area (Å²) in [4.78, 5) is 33.1. The van der Waals surface area contributed by atoms with E-state index in [9.17, 15) is 14.7 Å². The smallest absolute Gasteiger partial charge is 0.256 e. The standard InChI is InChI=1S/C32H42N4O4/c1-3-34-14-15-35(19-29(37)27-16-22-6-4-5-7-24(22)18-33-27)31(39)26-9-8-23(17-28(26)34)30(38)36-20-32(21-36)12-10-25(40-2)11-13-32/h4-9,17,25,27,29,33,37H,3,10-16,18-21H2,1-2H3. The molecule has 40 heavy (non-hydrogen) atoms. The van der Waals surface area contributed by atoms with E-state index in [0.29, 0.717) is 30.3 Å². The Morgan fingerprint density at radius 1 is 1.10 bits per heavy atom. The summed E-state index contributed by atoms with van der Waals surface area (Å²) in [5.41, 5.74) is 4.82. The van der Waals surface area contributed by atoms with Crippen LogP contribution in [0.4, 0.5) is 5.69 Å². The number of likely N-dealkylation sites (tertiary alicyclic amines) is 1. The number of methoxy groups -OCH3 is 1. The topological polar surface area (TPSA) is 85.3 Å². The van der Waals surface area contributed by atoms with Gasteiger partial charge in [0, 0.05) is 69.9 Å². The maximum Gasteiger partial charge on any atom is 0.256 e. The molecule has 3 aliphatic heterocycles. The minimum atomic E-state index is -0.674. The zero-order valence-corrected chi connectivity index (χ0v) is 23.8. The number of aliphatic hydroxyl groups excluding tert-OH is 1. The molecule has 0 radical (unpaired) electrons. The molecule has 1 spiro atoms. The molecule has 8 nitrogen and oxygen atoms in total. The van der Waals surface area contributed by atoms with Gasteiger partial charge in [0.1, 0.15) is 0 Å². The molecule has 1 saturated carbocycles. The van der Waals surface area contributed by atoms with Crippen LogP contribution >= 0.6 is 0 Å². The first-order valence-corrected chi connectivity index (χ1v) is 14.9. The predicted octanol–water partition coefficient (Wildman–Crippen LogP) is 3.08. The molecule has 2 fully saturated rings. The lowest BCUT2D eigenvalue weighted by molar-refractivity contribution is -0.0486. The van der Waals surface area contributed by atoms with Crippen molar-refractivity contribution in [2.24, 2.45) is 5.41 Å². The van der Waals surface area contributed by atoms with Crippen molar-refractivity contribution in [2.75, 3.05) is 51.3 Å². The van der Waals surface area contributed by atoms with Gasteiger partial charge in [0.05, 0.1) is 23.5 Å². The van der Waals surface area contributed by atoms with Gasteiger partial charge in [-0.25, -0.2) is 0 Å². The van der Waals surface area contributed by atoms with Crippen molar-refractivity contribution in [1.29, 1.82) is 0 Å². The molecule has 8 heteroatoms. The van der Waals surface area contributed by atoms with E-state index in [1.165, 1.54) is 11.1 Å². The lowest BCUT2D eigenvalue weighted by atomic mass is 9.68. The summed E-state index contributed by atoms with van der Waals surface area (Å²) in [7, 11) is 1.79. The predicted molar refractivity (Wildman–Crippen MR) is 155 cm³/mol. The highest BCUT2D eigenvalue weighted by Gasteiger charge is 2.47. The maximum atomic E-state index is 13.7. The van der Waals surface area contributed by atoms with Crippen molar-refractivity contribution < 1.29 is 19.4 Å². The molecule has 2 aromatic rings. The van der Waals surface area contributed by atoms with Crippen molar-refractivity contribution >= 4 is 17.5 Å². The molecule has 6 rings (SSSR count). The van der Waals surface area contributed by atoms with Crippen LogP contribution in [0.2, 0.25) is 0 Å². The highest BCUT2D eigenvalue weighted by molar-refractivity contribution is 6.03. The molecule has 2 atom stereocenters. The lowest BCUT2D eigenvalue weighted by Gasteiger charge is -2.53. The van der Waals surface area contributed by atoms with Crippen LogP contribution in [0.3, 0.4) is 0 Å². The lowest BCUT2D eigenvalue weighted by Crippen LogP contribution is -2.59. The maximum absolute atomic E-state index is 13.7. The number of aliphatic hydroxyl groups is 1. The molecule has 2 aromatic carbocycles. The van der Waals surface area contributed by atoms with Gasteiger partial charge in [0.2, 0.25) is 0 Å². The third kappa shape index (κ3) is 5.13. The largest absolute Gasteiger partial charge is 0.390 e. The molecule has 2 amide bonds. The first kappa shape index (κ1) is 27.2. The zero-order valence-electron chi connectivity index (χ0n) is 23.8. The van der Waals surface area contributed by atoms with Gasteiger partial charge in [-0.1, -0.05) is 24.3 Å². The van der Waals surface area contributed by atoms with Crippen LogP contribution in [0.15, 0.2) is 42.5 Å². The first-order valence-electron chi connectivity index (χ1n) is 14.9. The summed E-state index contributed by atoms with van der Waals surface area (Å²) in [5.74, 6) is -0.0380. The summed E-state index contributed by atoms with van der Waals surface area (Å²) in [6.07, 6.45) is 4.79. The molecule has 1 saturated heterocycles. The molecule has 2 N–H and O–H groups in total. The van der Waals surface area contributed by atoms with E-state index in [1.54, 1.807) is 18.1 Å². The average molecular weight is 547 g/mol. The first-order chi connectivity index (χ1) is 19.4. The van der Waals surface area contributed by atoms with E-state index in [4.69, 9.17) is 4.74 Å². The molecule has 0 bridgehead atoms. The average Bonchev–Trinajstić information content (AvgIpc) is 3.10. The number of anilines is 1. The van der Waals surface area contributed by atoms with Crippen molar-refractivity contribution in [3.63, 3.8) is 0 Å². The summed E-state index contributed by atoms with van der Waals surface area (Å²) in [6.45, 7) is 6.62. The van der Waals surface area contributed by atoms with Gasteiger partial charge in [-0.2, -0.15) is 0 Å². The Hall–Kier alpha value is -2.94. The molecule has 4 aliphatic rings. The second kappa shape index (κ2) is 11.1. The number of amides is 2. The molecule has 2 unspecified atom stereocenters. The number of carbonyl (C=O) groups excluding carboxylic acids is 2. The quantitative estimate of drug-likeness (QED) is 0.580. The van der Waals surface area contributed by atoms with E-state index in [1.807, 2.05) is 29.2 Å². The summed E-state index contributed by atoms with van der Waals surface area (Å²) < 4.78 is 5.53. The number of likely N-dealkylation sites (N-methyl/N-ethyl adjacent to an activating group) is 1. The van der Waals surface area contributed by atoms with Crippen LogP contribution in [0.1, 0.15) is 64.4 Å². The Labute approximate surface area is 237 Å². The van der Waals surface area contributed by atoms with Crippen molar-refractivity contribution in [3.05, 3.63) is 64.7 Å². The summed E-state index contributed by atoms with van der Waals surface area (Å²) in [6, 6.07) is 13.7. The Kier molecular flexibility index (Phi) is 7.59. The fourth-order valence-electron chi connectivity index (χ4n) is 7.19. The Morgan fingerprint density at radius 2 is 1.82 bits per heavy atom. The summed E-state index contributed by atoms with van der Waals surface area (Å²) >= 11 is 0. The van der Waals surface area contributed by atoms with E-state index >= 15 is 0 Å². The van der Waals surface area contributed by atoms with Crippen LogP contribution in [-0.2, 0) is 17.7 Å². The van der Waals surface area contributed by atoms with Gasteiger partial charge in [-0.05, 0) is 68.4 Å². The molecular formula is C32H42N4O4. The number of β-amino-alcohol motifs (C(OH)–C–C–N with tert-alkyl or cyclic N) is 1. The van der Waals surface area contributed by atoms with Gasteiger partial charge in [-0.15, -0.1) is 0 Å². The van der Waals surface area contributed by atoms with Gasteiger partial charge < -0.3 is 29.9 Å². The van der Waals surface area contributed by atoms with Gasteiger partial charge >= 0.3 is 0 Å². The fraction of sp³-hybridized carbons (Fsp3) is 0.562. The SMILES string of the molecule is CCN1CCN(CC(O)C2Cc3ccccc3CN2)C(=O)c2ccc(C(=O)N3CC4(CCC(OC)CC4)C3)cc21. The molecule has 0 aromatic heterocycles. The number of rotatable bonds is 6. The minimum absolute atomic E-state index is 0.0472. The number of fused-ring (bicyclic) bond motifs is 2. The number of hydrogen-bond donors (Lipinski definition) is 2. The van der Waals surface area contributed by atoms with Crippen LogP contribution in [0.25, 0.3) is 0 Å². The monoisotopic (exact) mass is 546 g/mol. The van der Waals surface area contributed by atoms with Crippen LogP contribution in [0.5, 0.6) is 0 Å². The minimum Gasteiger partial charge on any atom is -0.390 e. The third-order valence-corrected chi connectivity index (χ3v) is 9.78. The van der Waals surface area contributed by atoms with E-state index < -0.39 is 6.10 Å². The van der Waals surface area contributed by atoms with Crippen LogP contribution < -0.4 is 10.2 Å². The highest BCUT2D eigenvalue weighted by atomic mass is 16.5. The highest BCUT2D eigenvalue weighted by Crippen LogP contribution is 2.45.